The molecule has 0 unspecified atom stereocenters. The average molecular weight is 367 g/mol. The molecule has 3 atom stereocenters. The molecule has 1 fully saturated rings. The van der Waals surface area contributed by atoms with Gasteiger partial charge in [-0.1, -0.05) is 25.9 Å². The maximum absolute atomic E-state index is 11.9. The predicted octanol–water partition coefficient (Wildman–Crippen LogP) is 2.52. The zero-order valence-corrected chi connectivity index (χ0v) is 16.2. The van der Waals surface area contributed by atoms with Gasteiger partial charge in [-0.25, -0.2) is 4.79 Å². The lowest BCUT2D eigenvalue weighted by atomic mass is 10.1. The molecule has 0 saturated carbocycles. The van der Waals surface area contributed by atoms with Gasteiger partial charge in [0.1, 0.15) is 6.23 Å². The Kier molecular flexibility index (Phi) is 5.57. The van der Waals surface area contributed by atoms with Crippen LogP contribution in [0.2, 0.25) is 18.1 Å². The van der Waals surface area contributed by atoms with Crippen molar-refractivity contribution in [1.82, 2.24) is 9.55 Å². The van der Waals surface area contributed by atoms with Gasteiger partial charge in [-0.2, -0.15) is 0 Å². The summed E-state index contributed by atoms with van der Waals surface area (Å²) in [5, 5.41) is 3.84. The van der Waals surface area contributed by atoms with E-state index in [4.69, 9.17) is 14.7 Å². The minimum Gasteiger partial charge on any atom is -0.414 e. The highest BCUT2D eigenvalue weighted by Crippen LogP contribution is 2.38. The van der Waals surface area contributed by atoms with Crippen LogP contribution >= 0.6 is 0 Å². The highest BCUT2D eigenvalue weighted by atomic mass is 28.4. The number of H-pyrrole nitrogens is 1. The molecule has 1 aromatic heterocycles. The molecule has 138 valence electrons. The van der Waals surface area contributed by atoms with E-state index in [9.17, 15) is 9.59 Å². The van der Waals surface area contributed by atoms with Crippen LogP contribution in [0.25, 0.3) is 10.4 Å². The van der Waals surface area contributed by atoms with Crippen LogP contribution < -0.4 is 11.2 Å². The minimum atomic E-state index is -1.98. The summed E-state index contributed by atoms with van der Waals surface area (Å²) in [4.78, 5) is 28.2. The summed E-state index contributed by atoms with van der Waals surface area (Å²) in [5.41, 5.74) is 7.78. The summed E-state index contributed by atoms with van der Waals surface area (Å²) < 4.78 is 13.4. The molecule has 25 heavy (non-hydrogen) atoms. The number of rotatable bonds is 5. The van der Waals surface area contributed by atoms with Crippen molar-refractivity contribution in [3.63, 3.8) is 0 Å². The van der Waals surface area contributed by atoms with E-state index in [-0.39, 0.29) is 5.04 Å². The molecular weight excluding hydrogens is 342 g/mol. The smallest absolute Gasteiger partial charge is 0.330 e. The van der Waals surface area contributed by atoms with E-state index in [2.05, 4.69) is 48.9 Å². The van der Waals surface area contributed by atoms with Gasteiger partial charge in [-0.15, -0.1) is 0 Å². The Morgan fingerprint density at radius 1 is 1.48 bits per heavy atom. The van der Waals surface area contributed by atoms with E-state index in [0.717, 1.165) is 0 Å². The van der Waals surface area contributed by atoms with Gasteiger partial charge in [0.25, 0.3) is 5.56 Å². The number of nitrogens with one attached hydrogen (secondary N) is 1. The summed E-state index contributed by atoms with van der Waals surface area (Å²) >= 11 is 0. The van der Waals surface area contributed by atoms with Crippen LogP contribution in [0.4, 0.5) is 0 Å². The first-order valence-corrected chi connectivity index (χ1v) is 11.1. The minimum absolute atomic E-state index is 0.0505. The van der Waals surface area contributed by atoms with E-state index in [1.165, 1.54) is 16.8 Å². The molecule has 0 aromatic carbocycles. The lowest BCUT2D eigenvalue weighted by molar-refractivity contribution is -0.0246. The van der Waals surface area contributed by atoms with Crippen LogP contribution in [0.15, 0.2) is 27.0 Å². The van der Waals surface area contributed by atoms with Gasteiger partial charge in [0.2, 0.25) is 0 Å². The topological polar surface area (TPSA) is 122 Å². The van der Waals surface area contributed by atoms with Crippen molar-refractivity contribution in [2.75, 3.05) is 6.61 Å². The maximum atomic E-state index is 11.9. The third kappa shape index (κ3) is 4.40. The van der Waals surface area contributed by atoms with Crippen LogP contribution in [0.3, 0.4) is 0 Å². The van der Waals surface area contributed by atoms with Gasteiger partial charge in [0.05, 0.1) is 18.8 Å². The first-order chi connectivity index (χ1) is 11.5. The first-order valence-electron chi connectivity index (χ1n) is 8.20. The highest BCUT2D eigenvalue weighted by molar-refractivity contribution is 6.74. The van der Waals surface area contributed by atoms with E-state index in [0.29, 0.717) is 13.0 Å². The number of nitrogens with zero attached hydrogens (tertiary/aromatic N) is 4. The van der Waals surface area contributed by atoms with Crippen molar-refractivity contribution in [3.05, 3.63) is 43.5 Å². The molecule has 9 nitrogen and oxygen atoms in total. The molecule has 2 rings (SSSR count). The number of aromatic amines is 1. The SMILES string of the molecule is CC(C)(C)[Si](C)(C)OC[C@H]1O[C@@H](n2ccc(=O)[nH]c2=O)C[C@H]1N=[N+]=[N-]. The number of hydrogen-bond donors (Lipinski definition) is 1. The quantitative estimate of drug-likeness (QED) is 0.372. The molecule has 1 N–H and O–H groups in total. The second-order valence-electron chi connectivity index (χ2n) is 7.73. The Hall–Kier alpha value is -1.87. The largest absolute Gasteiger partial charge is 0.414 e. The van der Waals surface area contributed by atoms with Crippen LogP contribution in [-0.2, 0) is 9.16 Å². The second kappa shape index (κ2) is 7.16. The second-order valence-corrected chi connectivity index (χ2v) is 12.5. The van der Waals surface area contributed by atoms with Crippen molar-refractivity contribution in [2.45, 2.75) is 63.7 Å². The standard InChI is InChI=1S/C15H25N5O4Si/c1-15(2,3)25(4,5)23-9-11-10(18-19-16)8-13(24-11)20-7-6-12(21)17-14(20)22/h6-7,10-11,13H,8-9H2,1-5H3,(H,17,21,22)/t10-,11-,13-/m1/s1. The van der Waals surface area contributed by atoms with Crippen LogP contribution in [0.1, 0.15) is 33.4 Å². The normalized spacial score (nSPS) is 24.1. The Morgan fingerprint density at radius 3 is 2.72 bits per heavy atom. The Labute approximate surface area is 146 Å². The van der Waals surface area contributed by atoms with E-state index < -0.39 is 37.9 Å². The summed E-state index contributed by atoms with van der Waals surface area (Å²) in [7, 11) is -1.98. The molecule has 2 heterocycles. The molecule has 0 aliphatic carbocycles. The first kappa shape index (κ1) is 19.5. The van der Waals surface area contributed by atoms with Gasteiger partial charge < -0.3 is 9.16 Å². The summed E-state index contributed by atoms with van der Waals surface area (Å²) in [6.07, 6.45) is 0.694. The van der Waals surface area contributed by atoms with Gasteiger partial charge in [0.15, 0.2) is 8.32 Å². The van der Waals surface area contributed by atoms with Crippen LogP contribution in [0.5, 0.6) is 0 Å². The van der Waals surface area contributed by atoms with Crippen LogP contribution in [0, 0.1) is 0 Å². The van der Waals surface area contributed by atoms with E-state index in [1.807, 2.05) is 0 Å². The Bertz CT molecular complexity index is 775. The summed E-state index contributed by atoms with van der Waals surface area (Å²) in [5.74, 6) is 0. The molecule has 1 saturated heterocycles. The molecule has 0 spiro atoms. The number of ether oxygens (including phenoxy) is 1. The molecule has 0 bridgehead atoms. The summed E-state index contributed by atoms with van der Waals surface area (Å²) in [6.45, 7) is 11.0. The van der Waals surface area contributed by atoms with Crippen molar-refractivity contribution in [2.24, 2.45) is 5.11 Å². The van der Waals surface area contributed by atoms with E-state index >= 15 is 0 Å². The fourth-order valence-electron chi connectivity index (χ4n) is 2.38. The third-order valence-corrected chi connectivity index (χ3v) is 9.48. The number of hydrogen-bond acceptors (Lipinski definition) is 5. The molecule has 1 aromatic rings. The Balaban J connectivity index is 2.16. The molecule has 10 heteroatoms. The van der Waals surface area contributed by atoms with Crippen molar-refractivity contribution < 1.29 is 9.16 Å². The van der Waals surface area contributed by atoms with E-state index in [1.54, 1.807) is 0 Å². The lowest BCUT2D eigenvalue weighted by Gasteiger charge is -2.37. The van der Waals surface area contributed by atoms with Gasteiger partial charge in [0, 0.05) is 23.6 Å². The third-order valence-electron chi connectivity index (χ3n) is 4.98. The lowest BCUT2D eigenvalue weighted by Crippen LogP contribution is -2.43. The molecule has 0 amide bonds. The zero-order valence-electron chi connectivity index (χ0n) is 15.2. The van der Waals surface area contributed by atoms with Crippen molar-refractivity contribution >= 4 is 8.32 Å². The predicted molar refractivity (Wildman–Crippen MR) is 95.9 cm³/mol. The molecule has 1 aliphatic heterocycles. The fourth-order valence-corrected chi connectivity index (χ4v) is 3.40. The van der Waals surface area contributed by atoms with Gasteiger partial charge >= 0.3 is 5.69 Å². The fraction of sp³-hybridized carbons (Fsp3) is 0.733. The van der Waals surface area contributed by atoms with Crippen molar-refractivity contribution in [3.8, 4) is 0 Å². The number of aromatic nitrogens is 2. The zero-order chi connectivity index (χ0) is 18.8. The van der Waals surface area contributed by atoms with Crippen LogP contribution in [-0.4, -0.2) is 36.6 Å². The molecule has 1 aliphatic rings. The van der Waals surface area contributed by atoms with Gasteiger partial charge in [-0.05, 0) is 23.7 Å². The number of azide groups is 1. The molecular formula is C15H25N5O4Si. The average Bonchev–Trinajstić information content (AvgIpc) is 2.87. The maximum Gasteiger partial charge on any atom is 0.330 e. The molecule has 0 radical (unpaired) electrons. The highest BCUT2D eigenvalue weighted by Gasteiger charge is 2.41. The Morgan fingerprint density at radius 2 is 2.16 bits per heavy atom. The summed E-state index contributed by atoms with van der Waals surface area (Å²) in [6, 6.07) is 0.825. The van der Waals surface area contributed by atoms with Gasteiger partial charge in [-0.3, -0.25) is 14.3 Å². The monoisotopic (exact) mass is 367 g/mol. The van der Waals surface area contributed by atoms with Crippen molar-refractivity contribution in [1.29, 1.82) is 0 Å².